The van der Waals surface area contributed by atoms with E-state index in [2.05, 4.69) is 16.8 Å². The maximum Gasteiger partial charge on any atom is 0.313 e. The molecule has 1 unspecified atom stereocenters. The number of aryl methyl sites for hydroxylation is 1. The molecule has 0 aliphatic carbocycles. The minimum Gasteiger partial charge on any atom is -0.481 e. The predicted molar refractivity (Wildman–Crippen MR) is 73.4 cm³/mol. The van der Waals surface area contributed by atoms with E-state index in [0.717, 1.165) is 31.1 Å². The smallest absolute Gasteiger partial charge is 0.313 e. The minimum atomic E-state index is -0.712. The van der Waals surface area contributed by atoms with Gasteiger partial charge in [0.05, 0.1) is 0 Å². The van der Waals surface area contributed by atoms with Crippen LogP contribution in [-0.4, -0.2) is 60.6 Å². The van der Waals surface area contributed by atoms with Crippen LogP contribution in [0.25, 0.3) is 0 Å². The minimum absolute atomic E-state index is 0.382. The Kier molecular flexibility index (Phi) is 4.37. The molecule has 1 aliphatic heterocycles. The maximum absolute atomic E-state index is 11.4. The van der Waals surface area contributed by atoms with Gasteiger partial charge in [-0.05, 0) is 26.1 Å². The molecule has 0 radical (unpaired) electrons. The lowest BCUT2D eigenvalue weighted by molar-refractivity contribution is -0.139. The molecule has 1 N–H and O–H groups in total. The van der Waals surface area contributed by atoms with E-state index in [1.165, 1.54) is 4.88 Å². The van der Waals surface area contributed by atoms with Crippen LogP contribution in [0.2, 0.25) is 0 Å². The molecule has 2 rings (SSSR count). The Balaban J connectivity index is 2.01. The Morgan fingerprint density at radius 2 is 2.06 bits per heavy atom. The summed E-state index contributed by atoms with van der Waals surface area (Å²) in [6.45, 7) is 6.62. The van der Waals surface area contributed by atoms with Crippen molar-refractivity contribution in [2.45, 2.75) is 12.8 Å². The molecule has 0 amide bonds. The molecule has 1 aromatic rings. The summed E-state index contributed by atoms with van der Waals surface area (Å²) in [7, 11) is 2.11. The Hall–Kier alpha value is -0.910. The Bertz CT molecular complexity index is 411. The van der Waals surface area contributed by atoms with Crippen LogP contribution in [0.15, 0.2) is 12.1 Å². The summed E-state index contributed by atoms with van der Waals surface area (Å²) in [5.74, 6) is -1.09. The molecule has 0 aromatic carbocycles. The number of likely N-dealkylation sites (N-methyl/N-ethyl adjacent to an activating group) is 1. The van der Waals surface area contributed by atoms with Crippen LogP contribution >= 0.6 is 11.3 Å². The summed E-state index contributed by atoms with van der Waals surface area (Å²) in [5, 5.41) is 9.39. The number of piperazine rings is 1. The Morgan fingerprint density at radius 1 is 1.39 bits per heavy atom. The van der Waals surface area contributed by atoms with E-state index >= 15 is 0 Å². The summed E-state index contributed by atoms with van der Waals surface area (Å²) in [6, 6.07) is 3.95. The van der Waals surface area contributed by atoms with Crippen molar-refractivity contribution in [1.82, 2.24) is 9.80 Å². The standard InChI is InChI=1S/C13H20N2O2S/c1-10-3-4-12(18-10)11(13(16)17)9-15-7-5-14(2)6-8-15/h3-4,11H,5-9H2,1-2H3,(H,16,17). The van der Waals surface area contributed by atoms with Crippen LogP contribution in [0.1, 0.15) is 15.7 Å². The fourth-order valence-electron chi connectivity index (χ4n) is 2.22. The van der Waals surface area contributed by atoms with E-state index in [1.54, 1.807) is 11.3 Å². The third-order valence-electron chi connectivity index (χ3n) is 3.44. The summed E-state index contributed by atoms with van der Waals surface area (Å²) in [5.41, 5.74) is 0. The molecular weight excluding hydrogens is 248 g/mol. The van der Waals surface area contributed by atoms with E-state index in [0.29, 0.717) is 6.54 Å². The number of carboxylic acid groups (broad SMARTS) is 1. The van der Waals surface area contributed by atoms with Crippen molar-refractivity contribution >= 4 is 17.3 Å². The lowest BCUT2D eigenvalue weighted by Crippen LogP contribution is -2.46. The van der Waals surface area contributed by atoms with Gasteiger partial charge in [0.15, 0.2) is 0 Å². The van der Waals surface area contributed by atoms with Gasteiger partial charge >= 0.3 is 5.97 Å². The quantitative estimate of drug-likeness (QED) is 0.898. The fraction of sp³-hybridized carbons (Fsp3) is 0.615. The van der Waals surface area contributed by atoms with E-state index in [9.17, 15) is 9.90 Å². The van der Waals surface area contributed by atoms with Gasteiger partial charge in [0.2, 0.25) is 0 Å². The second-order valence-electron chi connectivity index (χ2n) is 4.94. The first-order valence-electron chi connectivity index (χ1n) is 6.26. The summed E-state index contributed by atoms with van der Waals surface area (Å²) in [6.07, 6.45) is 0. The molecule has 1 fully saturated rings. The van der Waals surface area contributed by atoms with Gasteiger partial charge in [-0.2, -0.15) is 0 Å². The van der Waals surface area contributed by atoms with Crippen molar-refractivity contribution in [3.05, 3.63) is 21.9 Å². The van der Waals surface area contributed by atoms with Crippen LogP contribution in [-0.2, 0) is 4.79 Å². The molecule has 1 aliphatic rings. The molecule has 0 saturated carbocycles. The molecule has 5 heteroatoms. The van der Waals surface area contributed by atoms with Gasteiger partial charge in [-0.1, -0.05) is 0 Å². The van der Waals surface area contributed by atoms with E-state index in [4.69, 9.17) is 0 Å². The summed E-state index contributed by atoms with van der Waals surface area (Å²) >= 11 is 1.60. The second-order valence-corrected chi connectivity index (χ2v) is 6.26. The molecule has 18 heavy (non-hydrogen) atoms. The molecule has 2 heterocycles. The molecule has 100 valence electrons. The Morgan fingerprint density at radius 3 is 2.56 bits per heavy atom. The molecule has 0 spiro atoms. The predicted octanol–water partition coefficient (Wildman–Crippen LogP) is 1.47. The molecule has 0 bridgehead atoms. The van der Waals surface area contributed by atoms with Crippen molar-refractivity contribution in [3.8, 4) is 0 Å². The van der Waals surface area contributed by atoms with Crippen molar-refractivity contribution in [2.24, 2.45) is 0 Å². The molecule has 1 atom stereocenters. The highest BCUT2D eigenvalue weighted by Gasteiger charge is 2.25. The number of carboxylic acids is 1. The topological polar surface area (TPSA) is 43.8 Å². The van der Waals surface area contributed by atoms with Gasteiger partial charge in [0.25, 0.3) is 0 Å². The molecule has 4 nitrogen and oxygen atoms in total. The zero-order valence-electron chi connectivity index (χ0n) is 10.9. The zero-order valence-corrected chi connectivity index (χ0v) is 11.7. The van der Waals surface area contributed by atoms with Crippen molar-refractivity contribution < 1.29 is 9.90 Å². The first kappa shape index (κ1) is 13.5. The van der Waals surface area contributed by atoms with Gasteiger partial charge in [-0.15, -0.1) is 11.3 Å². The number of thiophene rings is 1. The van der Waals surface area contributed by atoms with Crippen molar-refractivity contribution in [2.75, 3.05) is 39.8 Å². The van der Waals surface area contributed by atoms with Crippen molar-refractivity contribution in [1.29, 1.82) is 0 Å². The van der Waals surface area contributed by atoms with E-state index < -0.39 is 5.97 Å². The summed E-state index contributed by atoms with van der Waals surface area (Å²) < 4.78 is 0. The van der Waals surface area contributed by atoms with Gasteiger partial charge in [0, 0.05) is 42.5 Å². The highest BCUT2D eigenvalue weighted by atomic mass is 32.1. The van der Waals surface area contributed by atoms with Gasteiger partial charge in [-0.3, -0.25) is 9.69 Å². The van der Waals surface area contributed by atoms with Crippen LogP contribution in [0, 0.1) is 6.92 Å². The molecule has 1 aromatic heterocycles. The van der Waals surface area contributed by atoms with Gasteiger partial charge < -0.3 is 10.0 Å². The highest BCUT2D eigenvalue weighted by Crippen LogP contribution is 2.26. The average Bonchev–Trinajstić information content (AvgIpc) is 2.74. The number of carbonyl (C=O) groups is 1. The number of hydrogen-bond donors (Lipinski definition) is 1. The van der Waals surface area contributed by atoms with Crippen LogP contribution in [0.5, 0.6) is 0 Å². The maximum atomic E-state index is 11.4. The number of hydrogen-bond acceptors (Lipinski definition) is 4. The normalized spacial score (nSPS) is 19.9. The molecule has 1 saturated heterocycles. The first-order chi connectivity index (χ1) is 8.56. The Labute approximate surface area is 112 Å². The van der Waals surface area contributed by atoms with Crippen LogP contribution < -0.4 is 0 Å². The van der Waals surface area contributed by atoms with Crippen molar-refractivity contribution in [3.63, 3.8) is 0 Å². The molecular formula is C13H20N2O2S. The van der Waals surface area contributed by atoms with E-state index in [-0.39, 0.29) is 5.92 Å². The average molecular weight is 268 g/mol. The second kappa shape index (κ2) is 5.82. The third kappa shape index (κ3) is 3.31. The largest absolute Gasteiger partial charge is 0.481 e. The lowest BCUT2D eigenvalue weighted by Gasteiger charge is -2.33. The van der Waals surface area contributed by atoms with Crippen LogP contribution in [0.4, 0.5) is 0 Å². The highest BCUT2D eigenvalue weighted by molar-refractivity contribution is 7.12. The third-order valence-corrected chi connectivity index (χ3v) is 4.55. The zero-order chi connectivity index (χ0) is 13.1. The summed E-state index contributed by atoms with van der Waals surface area (Å²) in [4.78, 5) is 18.1. The van der Waals surface area contributed by atoms with Crippen LogP contribution in [0.3, 0.4) is 0 Å². The van der Waals surface area contributed by atoms with Gasteiger partial charge in [-0.25, -0.2) is 0 Å². The van der Waals surface area contributed by atoms with E-state index in [1.807, 2.05) is 19.1 Å². The first-order valence-corrected chi connectivity index (χ1v) is 7.08. The monoisotopic (exact) mass is 268 g/mol. The van der Waals surface area contributed by atoms with Gasteiger partial charge in [0.1, 0.15) is 5.92 Å². The number of aliphatic carboxylic acids is 1. The number of rotatable bonds is 4. The number of nitrogens with zero attached hydrogens (tertiary/aromatic N) is 2. The fourth-order valence-corrected chi connectivity index (χ4v) is 3.18. The SMILES string of the molecule is Cc1ccc(C(CN2CCN(C)CC2)C(=O)O)s1. The lowest BCUT2D eigenvalue weighted by atomic mass is 10.1.